The number of halogens is 1. The lowest BCUT2D eigenvalue weighted by molar-refractivity contribution is -0.121. The van der Waals surface area contributed by atoms with Crippen LogP contribution >= 0.6 is 11.6 Å². The average Bonchev–Trinajstić information content (AvgIpc) is 2.82. The number of hydrogen-bond acceptors (Lipinski definition) is 4. The summed E-state index contributed by atoms with van der Waals surface area (Å²) in [5.41, 5.74) is 3.55. The minimum Gasteiger partial charge on any atom is -0.478 e. The van der Waals surface area contributed by atoms with Gasteiger partial charge >= 0.3 is 5.97 Å². The van der Waals surface area contributed by atoms with Gasteiger partial charge in [-0.25, -0.2) is 4.79 Å². The van der Waals surface area contributed by atoms with Crippen LogP contribution in [0.15, 0.2) is 72.8 Å². The van der Waals surface area contributed by atoms with E-state index in [1.165, 1.54) is 12.1 Å². The van der Waals surface area contributed by atoms with Gasteiger partial charge in [0.25, 0.3) is 0 Å². The highest BCUT2D eigenvalue weighted by Crippen LogP contribution is 2.28. The van der Waals surface area contributed by atoms with Crippen LogP contribution < -0.4 is 16.0 Å². The Bertz CT molecular complexity index is 1150. The number of nitrogens with one attached hydrogen (secondary N) is 3. The van der Waals surface area contributed by atoms with Crippen LogP contribution in [0, 0.1) is 0 Å². The summed E-state index contributed by atoms with van der Waals surface area (Å²) in [7, 11) is 0. The van der Waals surface area contributed by atoms with Crippen molar-refractivity contribution in [1.29, 1.82) is 0 Å². The number of aromatic carboxylic acids is 1. The lowest BCUT2D eigenvalue weighted by Crippen LogP contribution is -2.30. The number of rotatable bonds is 11. The molecule has 0 aliphatic heterocycles. The molecular weight excluding hydrogens is 454 g/mol. The van der Waals surface area contributed by atoms with Crippen molar-refractivity contribution in [3.63, 3.8) is 0 Å². The molecular formula is C26H26ClN3O4. The highest BCUT2D eigenvalue weighted by atomic mass is 35.5. The zero-order chi connectivity index (χ0) is 24.3. The Labute approximate surface area is 203 Å². The van der Waals surface area contributed by atoms with E-state index in [0.29, 0.717) is 23.8 Å². The monoisotopic (exact) mass is 479 g/mol. The number of carbonyl (C=O) groups excluding carboxylic acids is 2. The van der Waals surface area contributed by atoms with Crippen LogP contribution in [-0.2, 0) is 16.1 Å². The van der Waals surface area contributed by atoms with Crippen molar-refractivity contribution in [1.82, 2.24) is 10.6 Å². The van der Waals surface area contributed by atoms with Gasteiger partial charge in [-0.2, -0.15) is 0 Å². The molecule has 0 aliphatic carbocycles. The SMILES string of the molecule is O=C(CCNCc1ccc(-c2ccccc2)c(Cl)c1)NCCC(=O)Nc1cccc(C(=O)O)c1. The first-order valence-corrected chi connectivity index (χ1v) is 11.2. The Morgan fingerprint density at radius 1 is 0.824 bits per heavy atom. The standard InChI is InChI=1S/C26H26ClN3O4/c27-23-15-18(9-10-22(23)19-5-2-1-3-6-19)17-28-13-11-24(31)29-14-12-25(32)30-21-8-4-7-20(16-21)26(33)34/h1-10,15-16,28H,11-14,17H2,(H,29,31)(H,30,32)(H,33,34). The minimum atomic E-state index is -1.07. The van der Waals surface area contributed by atoms with Gasteiger partial charge in [0.2, 0.25) is 11.8 Å². The summed E-state index contributed by atoms with van der Waals surface area (Å²) in [5.74, 6) is -1.54. The first-order chi connectivity index (χ1) is 16.4. The number of anilines is 1. The van der Waals surface area contributed by atoms with E-state index in [0.717, 1.165) is 16.7 Å². The van der Waals surface area contributed by atoms with E-state index in [2.05, 4.69) is 16.0 Å². The smallest absolute Gasteiger partial charge is 0.335 e. The van der Waals surface area contributed by atoms with Crippen LogP contribution in [0.5, 0.6) is 0 Å². The highest BCUT2D eigenvalue weighted by molar-refractivity contribution is 6.33. The van der Waals surface area contributed by atoms with Crippen molar-refractivity contribution in [3.05, 3.63) is 88.9 Å². The maximum Gasteiger partial charge on any atom is 0.335 e. The summed E-state index contributed by atoms with van der Waals surface area (Å²) in [6.07, 6.45) is 0.362. The summed E-state index contributed by atoms with van der Waals surface area (Å²) >= 11 is 6.43. The van der Waals surface area contributed by atoms with E-state index in [9.17, 15) is 14.4 Å². The molecule has 0 aliphatic rings. The molecule has 0 aromatic heterocycles. The Morgan fingerprint density at radius 3 is 2.32 bits per heavy atom. The number of benzene rings is 3. The average molecular weight is 480 g/mol. The summed E-state index contributed by atoms with van der Waals surface area (Å²) in [4.78, 5) is 35.0. The van der Waals surface area contributed by atoms with E-state index in [1.54, 1.807) is 12.1 Å². The summed E-state index contributed by atoms with van der Waals surface area (Å²) < 4.78 is 0. The maximum absolute atomic E-state index is 12.0. The Hall–Kier alpha value is -3.68. The molecule has 0 heterocycles. The van der Waals surface area contributed by atoms with Crippen molar-refractivity contribution >= 4 is 35.1 Å². The molecule has 0 saturated carbocycles. The highest BCUT2D eigenvalue weighted by Gasteiger charge is 2.08. The molecule has 34 heavy (non-hydrogen) atoms. The van der Waals surface area contributed by atoms with E-state index in [4.69, 9.17) is 16.7 Å². The van der Waals surface area contributed by atoms with E-state index >= 15 is 0 Å². The molecule has 8 heteroatoms. The van der Waals surface area contributed by atoms with Gasteiger partial charge in [-0.3, -0.25) is 9.59 Å². The fraction of sp³-hybridized carbons (Fsp3) is 0.192. The molecule has 2 amide bonds. The Morgan fingerprint density at radius 2 is 1.59 bits per heavy atom. The van der Waals surface area contributed by atoms with E-state index in [1.807, 2.05) is 48.5 Å². The van der Waals surface area contributed by atoms with Gasteiger partial charge in [-0.05, 0) is 35.4 Å². The molecule has 0 spiro atoms. The molecule has 0 fully saturated rings. The summed E-state index contributed by atoms with van der Waals surface area (Å²) in [5, 5.41) is 18.2. The molecule has 0 saturated heterocycles. The van der Waals surface area contributed by atoms with Crippen molar-refractivity contribution in [2.24, 2.45) is 0 Å². The zero-order valence-corrected chi connectivity index (χ0v) is 19.3. The molecule has 7 nitrogen and oxygen atoms in total. The van der Waals surface area contributed by atoms with E-state index in [-0.39, 0.29) is 36.8 Å². The normalized spacial score (nSPS) is 10.5. The fourth-order valence-corrected chi connectivity index (χ4v) is 3.62. The van der Waals surface area contributed by atoms with Crippen molar-refractivity contribution in [3.8, 4) is 11.1 Å². The second-order valence-electron chi connectivity index (χ2n) is 7.64. The Balaban J connectivity index is 1.33. The molecule has 0 atom stereocenters. The quantitative estimate of drug-likeness (QED) is 0.306. The Kier molecular flexibility index (Phi) is 9.20. The third kappa shape index (κ3) is 7.72. The number of carboxylic acid groups (broad SMARTS) is 1. The first-order valence-electron chi connectivity index (χ1n) is 10.9. The molecule has 3 aromatic carbocycles. The van der Waals surface area contributed by atoms with Gasteiger partial charge in [0, 0.05) is 48.7 Å². The van der Waals surface area contributed by atoms with Gasteiger partial charge < -0.3 is 21.1 Å². The largest absolute Gasteiger partial charge is 0.478 e. The lowest BCUT2D eigenvalue weighted by Gasteiger charge is -2.09. The van der Waals surface area contributed by atoms with E-state index < -0.39 is 5.97 Å². The van der Waals surface area contributed by atoms with Gasteiger partial charge in [0.15, 0.2) is 0 Å². The van der Waals surface area contributed by atoms with Crippen molar-refractivity contribution < 1.29 is 19.5 Å². The molecule has 0 unspecified atom stereocenters. The molecule has 4 N–H and O–H groups in total. The molecule has 3 rings (SSSR count). The predicted octanol–water partition coefficient (Wildman–Crippen LogP) is 4.33. The number of amides is 2. The van der Waals surface area contributed by atoms with Gasteiger partial charge in [0.1, 0.15) is 0 Å². The van der Waals surface area contributed by atoms with Crippen molar-refractivity contribution in [2.75, 3.05) is 18.4 Å². The second kappa shape index (κ2) is 12.5. The molecule has 0 bridgehead atoms. The van der Waals surface area contributed by atoms with Crippen LogP contribution in [0.3, 0.4) is 0 Å². The third-order valence-corrected chi connectivity index (χ3v) is 5.36. The zero-order valence-electron chi connectivity index (χ0n) is 18.5. The predicted molar refractivity (Wildman–Crippen MR) is 133 cm³/mol. The van der Waals surface area contributed by atoms with Crippen LogP contribution in [0.2, 0.25) is 5.02 Å². The second-order valence-corrected chi connectivity index (χ2v) is 8.05. The van der Waals surface area contributed by atoms with Crippen molar-refractivity contribution in [2.45, 2.75) is 19.4 Å². The third-order valence-electron chi connectivity index (χ3n) is 5.04. The van der Waals surface area contributed by atoms with Crippen LogP contribution in [0.1, 0.15) is 28.8 Å². The number of carbonyl (C=O) groups is 3. The summed E-state index contributed by atoms with van der Waals surface area (Å²) in [6, 6.07) is 21.8. The van der Waals surface area contributed by atoms with Gasteiger partial charge in [-0.1, -0.05) is 60.1 Å². The number of carboxylic acids is 1. The lowest BCUT2D eigenvalue weighted by atomic mass is 10.0. The topological polar surface area (TPSA) is 108 Å². The minimum absolute atomic E-state index is 0.0860. The van der Waals surface area contributed by atoms with Crippen LogP contribution in [0.25, 0.3) is 11.1 Å². The maximum atomic E-state index is 12.0. The number of hydrogen-bond donors (Lipinski definition) is 4. The fourth-order valence-electron chi connectivity index (χ4n) is 3.31. The molecule has 3 aromatic rings. The van der Waals surface area contributed by atoms with Gasteiger partial charge in [-0.15, -0.1) is 0 Å². The van der Waals surface area contributed by atoms with Crippen LogP contribution in [-0.4, -0.2) is 36.0 Å². The molecule has 176 valence electrons. The first kappa shape index (κ1) is 25.0. The molecule has 0 radical (unpaired) electrons. The van der Waals surface area contributed by atoms with Gasteiger partial charge in [0.05, 0.1) is 5.56 Å². The summed E-state index contributed by atoms with van der Waals surface area (Å²) in [6.45, 7) is 1.26. The van der Waals surface area contributed by atoms with Crippen LogP contribution in [0.4, 0.5) is 5.69 Å².